The van der Waals surface area contributed by atoms with Crippen LogP contribution in [0.2, 0.25) is 4.34 Å². The van der Waals surface area contributed by atoms with E-state index in [2.05, 4.69) is 22.7 Å². The van der Waals surface area contributed by atoms with Crippen LogP contribution in [0.5, 0.6) is 0 Å². The van der Waals surface area contributed by atoms with Crippen molar-refractivity contribution in [3.05, 3.63) is 62.4 Å². The van der Waals surface area contributed by atoms with E-state index < -0.39 is 10.0 Å². The van der Waals surface area contributed by atoms with Crippen LogP contribution in [0.15, 0.2) is 42.1 Å². The van der Waals surface area contributed by atoms with Gasteiger partial charge in [0.25, 0.3) is 5.91 Å². The number of anilines is 1. The lowest BCUT2D eigenvalue weighted by Gasteiger charge is -2.26. The third-order valence-corrected chi connectivity index (χ3v) is 7.73. The minimum atomic E-state index is -3.62. The highest BCUT2D eigenvalue weighted by Crippen LogP contribution is 2.27. The maximum absolute atomic E-state index is 12.8. The molecule has 2 aliphatic heterocycles. The number of rotatable bonds is 6. The number of hydrogen-bond donors (Lipinski definition) is 1. The molecule has 1 aromatic carbocycles. The first-order valence-corrected chi connectivity index (χ1v) is 12.2. The summed E-state index contributed by atoms with van der Waals surface area (Å²) in [6.45, 7) is 2.25. The summed E-state index contributed by atoms with van der Waals surface area (Å²) in [5.41, 5.74) is 3.44. The van der Waals surface area contributed by atoms with E-state index in [-0.39, 0.29) is 17.4 Å². The zero-order valence-electron chi connectivity index (χ0n) is 16.0. The molecule has 0 unspecified atom stereocenters. The van der Waals surface area contributed by atoms with Crippen molar-refractivity contribution >= 4 is 44.6 Å². The fraction of sp³-hybridized carbons (Fsp3) is 0.350. The Morgan fingerprint density at radius 3 is 2.79 bits per heavy atom. The number of aryl methyl sites for hydroxylation is 1. The van der Waals surface area contributed by atoms with Gasteiger partial charge in [-0.3, -0.25) is 9.52 Å². The van der Waals surface area contributed by atoms with Gasteiger partial charge in [-0.05, 0) is 61.4 Å². The maximum Gasteiger partial charge on any atom is 0.275 e. The summed E-state index contributed by atoms with van der Waals surface area (Å²) in [5.74, 6) is -0.415. The highest BCUT2D eigenvalue weighted by Gasteiger charge is 2.29. The van der Waals surface area contributed by atoms with Crippen molar-refractivity contribution in [2.45, 2.75) is 19.4 Å². The standard InChI is InChI=1S/C20H22ClN3O3S2/c1-23-9-6-14-12-16(3-2-15(14)13-23)24-10-7-18(20(24)25)22-29(26,27)11-8-17-4-5-19(21)28-17/h2-5,7,12,22H,6,8-11,13H2,1H3. The maximum atomic E-state index is 12.8. The molecule has 9 heteroatoms. The number of sulfonamides is 1. The van der Waals surface area contributed by atoms with E-state index in [1.54, 1.807) is 17.0 Å². The lowest BCUT2D eigenvalue weighted by molar-refractivity contribution is -0.114. The second-order valence-corrected chi connectivity index (χ2v) is 11.0. The van der Waals surface area contributed by atoms with E-state index in [4.69, 9.17) is 11.6 Å². The van der Waals surface area contributed by atoms with E-state index >= 15 is 0 Å². The van der Waals surface area contributed by atoms with Crippen molar-refractivity contribution in [3.63, 3.8) is 0 Å². The highest BCUT2D eigenvalue weighted by atomic mass is 35.5. The molecule has 29 heavy (non-hydrogen) atoms. The number of carbonyl (C=O) groups excluding carboxylic acids is 1. The minimum absolute atomic E-state index is 0.0964. The molecule has 1 aromatic heterocycles. The molecule has 0 radical (unpaired) electrons. The predicted octanol–water partition coefficient (Wildman–Crippen LogP) is 2.78. The molecule has 6 nitrogen and oxygen atoms in total. The van der Waals surface area contributed by atoms with Crippen LogP contribution in [0.3, 0.4) is 0 Å². The molecule has 1 N–H and O–H groups in total. The van der Waals surface area contributed by atoms with Gasteiger partial charge in [-0.1, -0.05) is 17.7 Å². The molecule has 154 valence electrons. The van der Waals surface area contributed by atoms with Crippen LogP contribution in [-0.4, -0.2) is 45.1 Å². The van der Waals surface area contributed by atoms with Crippen LogP contribution in [0.25, 0.3) is 0 Å². The van der Waals surface area contributed by atoms with Gasteiger partial charge in [0, 0.05) is 30.2 Å². The Hall–Kier alpha value is -1.87. The number of nitrogens with zero attached hydrogens (tertiary/aromatic N) is 2. The Kier molecular flexibility index (Phi) is 5.70. The molecule has 4 rings (SSSR count). The molecule has 0 aliphatic carbocycles. The summed E-state index contributed by atoms with van der Waals surface area (Å²) in [4.78, 5) is 17.6. The normalized spacial score (nSPS) is 17.4. The molecule has 0 saturated heterocycles. The number of halogens is 1. The Balaban J connectivity index is 1.40. The number of likely N-dealkylation sites (N-methyl/N-ethyl adjacent to an activating group) is 1. The van der Waals surface area contributed by atoms with Crippen LogP contribution < -0.4 is 9.62 Å². The van der Waals surface area contributed by atoms with Crippen molar-refractivity contribution in [2.24, 2.45) is 0 Å². The zero-order valence-corrected chi connectivity index (χ0v) is 18.4. The van der Waals surface area contributed by atoms with Gasteiger partial charge in [-0.15, -0.1) is 11.3 Å². The molecule has 0 bridgehead atoms. The third kappa shape index (κ3) is 4.66. The molecule has 1 amide bonds. The SMILES string of the molecule is CN1CCc2cc(N3CC=C(NS(=O)(=O)CCc4ccc(Cl)s4)C3=O)ccc2C1. The van der Waals surface area contributed by atoms with Crippen LogP contribution >= 0.6 is 22.9 Å². The fourth-order valence-electron chi connectivity index (χ4n) is 3.59. The number of carbonyl (C=O) groups is 1. The van der Waals surface area contributed by atoms with E-state index in [0.29, 0.717) is 17.3 Å². The Morgan fingerprint density at radius 1 is 1.21 bits per heavy atom. The summed E-state index contributed by atoms with van der Waals surface area (Å²) in [6.07, 6.45) is 2.94. The van der Waals surface area contributed by atoms with Crippen molar-refractivity contribution in [1.29, 1.82) is 0 Å². The second-order valence-electron chi connectivity index (χ2n) is 7.35. The first-order chi connectivity index (χ1) is 13.8. The number of hydrogen-bond acceptors (Lipinski definition) is 5. The van der Waals surface area contributed by atoms with Crippen molar-refractivity contribution in [3.8, 4) is 0 Å². The summed E-state index contributed by atoms with van der Waals surface area (Å²) in [6, 6.07) is 9.60. The monoisotopic (exact) mass is 451 g/mol. The zero-order chi connectivity index (χ0) is 20.6. The van der Waals surface area contributed by atoms with Crippen LogP contribution in [0.4, 0.5) is 5.69 Å². The molecule has 0 spiro atoms. The molecule has 2 aromatic rings. The lowest BCUT2D eigenvalue weighted by atomic mass is 9.99. The van der Waals surface area contributed by atoms with E-state index in [0.717, 1.165) is 30.1 Å². The molecular weight excluding hydrogens is 430 g/mol. The van der Waals surface area contributed by atoms with Gasteiger partial charge in [0.15, 0.2) is 0 Å². The van der Waals surface area contributed by atoms with Gasteiger partial charge < -0.3 is 9.80 Å². The van der Waals surface area contributed by atoms with Gasteiger partial charge in [0.05, 0.1) is 10.1 Å². The molecule has 2 aliphatic rings. The predicted molar refractivity (Wildman–Crippen MR) is 117 cm³/mol. The van der Waals surface area contributed by atoms with Gasteiger partial charge >= 0.3 is 0 Å². The van der Waals surface area contributed by atoms with E-state index in [1.807, 2.05) is 18.2 Å². The van der Waals surface area contributed by atoms with Gasteiger partial charge in [-0.2, -0.15) is 0 Å². The van der Waals surface area contributed by atoms with Crippen molar-refractivity contribution in [2.75, 3.05) is 30.8 Å². The van der Waals surface area contributed by atoms with E-state index in [9.17, 15) is 13.2 Å². The van der Waals surface area contributed by atoms with Crippen molar-refractivity contribution in [1.82, 2.24) is 9.62 Å². The lowest BCUT2D eigenvalue weighted by Crippen LogP contribution is -2.34. The van der Waals surface area contributed by atoms with Crippen LogP contribution in [0.1, 0.15) is 16.0 Å². The Labute approximate surface area is 179 Å². The Bertz CT molecular complexity index is 1080. The third-order valence-electron chi connectivity index (χ3n) is 5.17. The van der Waals surface area contributed by atoms with Crippen molar-refractivity contribution < 1.29 is 13.2 Å². The summed E-state index contributed by atoms with van der Waals surface area (Å²) in [7, 11) is -1.53. The Morgan fingerprint density at radius 2 is 2.03 bits per heavy atom. The number of amides is 1. The van der Waals surface area contributed by atoms with Gasteiger partial charge in [0.2, 0.25) is 10.0 Å². The van der Waals surface area contributed by atoms with Gasteiger partial charge in [0.1, 0.15) is 5.70 Å². The molecule has 0 atom stereocenters. The molecular formula is C20H22ClN3O3S2. The largest absolute Gasteiger partial charge is 0.303 e. The molecule has 3 heterocycles. The first kappa shape index (κ1) is 20.4. The summed E-state index contributed by atoms with van der Waals surface area (Å²) >= 11 is 7.25. The number of thiophene rings is 1. The quantitative estimate of drug-likeness (QED) is 0.733. The number of nitrogens with one attached hydrogen (secondary N) is 1. The number of benzene rings is 1. The summed E-state index contributed by atoms with van der Waals surface area (Å²) in [5, 5.41) is 0. The highest BCUT2D eigenvalue weighted by molar-refractivity contribution is 7.89. The topological polar surface area (TPSA) is 69.7 Å². The average Bonchev–Trinajstić information content (AvgIpc) is 3.25. The summed E-state index contributed by atoms with van der Waals surface area (Å²) < 4.78 is 27.9. The number of fused-ring (bicyclic) bond motifs is 1. The smallest absolute Gasteiger partial charge is 0.275 e. The van der Waals surface area contributed by atoms with Crippen LogP contribution in [-0.2, 0) is 34.2 Å². The molecule has 0 fully saturated rings. The average molecular weight is 452 g/mol. The molecule has 0 saturated carbocycles. The van der Waals surface area contributed by atoms with E-state index in [1.165, 1.54) is 22.5 Å². The first-order valence-electron chi connectivity index (χ1n) is 9.38. The minimum Gasteiger partial charge on any atom is -0.303 e. The second kappa shape index (κ2) is 8.10. The van der Waals surface area contributed by atoms with Crippen LogP contribution in [0, 0.1) is 0 Å². The van der Waals surface area contributed by atoms with Gasteiger partial charge in [-0.25, -0.2) is 8.42 Å². The fourth-order valence-corrected chi connectivity index (χ4v) is 5.91.